The number of hydrogen-bond donors (Lipinski definition) is 2. The lowest BCUT2D eigenvalue weighted by Crippen LogP contribution is -2.28. The number of aliphatic hydroxyl groups is 1. The lowest BCUT2D eigenvalue weighted by molar-refractivity contribution is 0.160. The fourth-order valence-electron chi connectivity index (χ4n) is 3.32. The standard InChI is InChI=1S/C23H37N3O2/c1-3-5-6-7-8-9-10-11-12-19-13-15-20(16-14-19)23-25-22(28-26-23)17-21(27)18-24-4-2/h13-16,21,24,27H,3-12,17-18H2,1-2H3. The van der Waals surface area contributed by atoms with Crippen molar-refractivity contribution in [2.75, 3.05) is 13.1 Å². The van der Waals surface area contributed by atoms with Crippen molar-refractivity contribution < 1.29 is 9.63 Å². The van der Waals surface area contributed by atoms with Gasteiger partial charge in [0.25, 0.3) is 0 Å². The van der Waals surface area contributed by atoms with Crippen LogP contribution >= 0.6 is 0 Å². The molecule has 2 aromatic rings. The number of likely N-dealkylation sites (N-methyl/N-ethyl adjacent to an activating group) is 1. The summed E-state index contributed by atoms with van der Waals surface area (Å²) in [4.78, 5) is 4.41. The largest absolute Gasteiger partial charge is 0.391 e. The van der Waals surface area contributed by atoms with Crippen LogP contribution in [0.1, 0.15) is 76.7 Å². The molecule has 0 aliphatic rings. The van der Waals surface area contributed by atoms with E-state index in [-0.39, 0.29) is 0 Å². The third-order valence-electron chi connectivity index (χ3n) is 5.04. The van der Waals surface area contributed by atoms with Gasteiger partial charge in [-0.3, -0.25) is 0 Å². The second-order valence-electron chi connectivity index (χ2n) is 7.60. The average Bonchev–Trinajstić information content (AvgIpc) is 3.17. The molecule has 0 amide bonds. The molecule has 0 bridgehead atoms. The maximum atomic E-state index is 9.93. The van der Waals surface area contributed by atoms with Gasteiger partial charge >= 0.3 is 0 Å². The van der Waals surface area contributed by atoms with E-state index in [9.17, 15) is 5.11 Å². The molecule has 0 fully saturated rings. The van der Waals surface area contributed by atoms with Crippen LogP contribution in [0.5, 0.6) is 0 Å². The second kappa shape index (κ2) is 13.5. The van der Waals surface area contributed by atoms with Crippen molar-refractivity contribution >= 4 is 0 Å². The van der Waals surface area contributed by atoms with Crippen LogP contribution < -0.4 is 5.32 Å². The highest BCUT2D eigenvalue weighted by Gasteiger charge is 2.13. The number of aliphatic hydroxyl groups excluding tert-OH is 1. The minimum Gasteiger partial charge on any atom is -0.391 e. The molecule has 1 aromatic heterocycles. The number of hydrogen-bond acceptors (Lipinski definition) is 5. The van der Waals surface area contributed by atoms with Gasteiger partial charge in [0.05, 0.1) is 12.5 Å². The topological polar surface area (TPSA) is 71.2 Å². The van der Waals surface area contributed by atoms with Crippen LogP contribution in [0.4, 0.5) is 0 Å². The molecule has 1 unspecified atom stereocenters. The molecule has 2 rings (SSSR count). The first-order valence-electron chi connectivity index (χ1n) is 11.0. The van der Waals surface area contributed by atoms with Gasteiger partial charge in [-0.2, -0.15) is 4.98 Å². The summed E-state index contributed by atoms with van der Waals surface area (Å²) in [6, 6.07) is 8.44. The van der Waals surface area contributed by atoms with Gasteiger partial charge in [0.1, 0.15) is 0 Å². The molecule has 5 heteroatoms. The Morgan fingerprint density at radius 3 is 2.32 bits per heavy atom. The minimum atomic E-state index is -0.512. The summed E-state index contributed by atoms with van der Waals surface area (Å²) in [6.45, 7) is 5.63. The lowest BCUT2D eigenvalue weighted by Gasteiger charge is -2.07. The normalized spacial score (nSPS) is 12.4. The smallest absolute Gasteiger partial charge is 0.229 e. The molecule has 0 aliphatic heterocycles. The fourth-order valence-corrected chi connectivity index (χ4v) is 3.32. The van der Waals surface area contributed by atoms with Crippen molar-refractivity contribution in [3.8, 4) is 11.4 Å². The van der Waals surface area contributed by atoms with Crippen molar-refractivity contribution in [2.45, 2.75) is 84.2 Å². The number of nitrogens with zero attached hydrogens (tertiary/aromatic N) is 2. The van der Waals surface area contributed by atoms with Gasteiger partial charge in [-0.25, -0.2) is 0 Å². The van der Waals surface area contributed by atoms with Crippen LogP contribution in [0.2, 0.25) is 0 Å². The van der Waals surface area contributed by atoms with E-state index < -0.39 is 6.10 Å². The predicted octanol–water partition coefficient (Wildman–Crippen LogP) is 4.93. The summed E-state index contributed by atoms with van der Waals surface area (Å²) in [5.41, 5.74) is 2.32. The highest BCUT2D eigenvalue weighted by Crippen LogP contribution is 2.18. The van der Waals surface area contributed by atoms with Gasteiger partial charge in [-0.1, -0.05) is 88.2 Å². The molecule has 1 aromatic carbocycles. The first-order valence-corrected chi connectivity index (χ1v) is 11.0. The van der Waals surface area contributed by atoms with Crippen LogP contribution in [0.3, 0.4) is 0 Å². The zero-order valence-electron chi connectivity index (χ0n) is 17.6. The van der Waals surface area contributed by atoms with Gasteiger partial charge in [0.15, 0.2) is 0 Å². The Kier molecular flexibility index (Phi) is 10.8. The Morgan fingerprint density at radius 2 is 1.64 bits per heavy atom. The first kappa shape index (κ1) is 22.6. The highest BCUT2D eigenvalue weighted by molar-refractivity contribution is 5.54. The molecule has 1 heterocycles. The number of aryl methyl sites for hydroxylation is 1. The summed E-state index contributed by atoms with van der Waals surface area (Å²) < 4.78 is 5.28. The van der Waals surface area contributed by atoms with Crippen LogP contribution in [-0.2, 0) is 12.8 Å². The average molecular weight is 388 g/mol. The third kappa shape index (κ3) is 8.53. The second-order valence-corrected chi connectivity index (χ2v) is 7.60. The predicted molar refractivity (Wildman–Crippen MR) is 114 cm³/mol. The van der Waals surface area contributed by atoms with Crippen molar-refractivity contribution in [2.24, 2.45) is 0 Å². The fraction of sp³-hybridized carbons (Fsp3) is 0.652. The Bertz CT molecular complexity index is 640. The lowest BCUT2D eigenvalue weighted by atomic mass is 10.0. The zero-order chi connectivity index (χ0) is 20.0. The first-order chi connectivity index (χ1) is 13.7. The van der Waals surface area contributed by atoms with Gasteiger partial charge < -0.3 is 14.9 Å². The van der Waals surface area contributed by atoms with Crippen molar-refractivity contribution in [1.29, 1.82) is 0 Å². The molecule has 2 N–H and O–H groups in total. The SMILES string of the molecule is CCCCCCCCCCc1ccc(-c2noc(CC(O)CNCC)n2)cc1. The van der Waals surface area contributed by atoms with Crippen LogP contribution in [0, 0.1) is 0 Å². The molecular weight excluding hydrogens is 350 g/mol. The quantitative estimate of drug-likeness (QED) is 0.424. The molecule has 156 valence electrons. The van der Waals surface area contributed by atoms with Crippen molar-refractivity contribution in [1.82, 2.24) is 15.5 Å². The van der Waals surface area contributed by atoms with E-state index in [1.807, 2.05) is 6.92 Å². The molecule has 0 aliphatic carbocycles. The van der Waals surface area contributed by atoms with Gasteiger partial charge in [-0.15, -0.1) is 0 Å². The molecule has 1 atom stereocenters. The molecule has 0 spiro atoms. The van der Waals surface area contributed by atoms with Crippen LogP contribution in [0.15, 0.2) is 28.8 Å². The molecule has 0 saturated carbocycles. The van der Waals surface area contributed by atoms with E-state index in [0.717, 1.165) is 18.5 Å². The Morgan fingerprint density at radius 1 is 0.964 bits per heavy atom. The van der Waals surface area contributed by atoms with Crippen LogP contribution in [0.25, 0.3) is 11.4 Å². The van der Waals surface area contributed by atoms with Crippen molar-refractivity contribution in [3.63, 3.8) is 0 Å². The van der Waals surface area contributed by atoms with E-state index in [2.05, 4.69) is 46.6 Å². The van der Waals surface area contributed by atoms with E-state index in [1.54, 1.807) is 0 Å². The van der Waals surface area contributed by atoms with Gasteiger partial charge in [0.2, 0.25) is 11.7 Å². The van der Waals surface area contributed by atoms with Gasteiger partial charge in [-0.05, 0) is 24.9 Å². The Balaban J connectivity index is 1.70. The number of aromatic nitrogens is 2. The van der Waals surface area contributed by atoms with E-state index in [0.29, 0.717) is 24.7 Å². The monoisotopic (exact) mass is 387 g/mol. The molecule has 5 nitrogen and oxygen atoms in total. The summed E-state index contributed by atoms with van der Waals surface area (Å²) >= 11 is 0. The highest BCUT2D eigenvalue weighted by atomic mass is 16.5. The molecule has 0 radical (unpaired) electrons. The Labute approximate surface area is 169 Å². The molecule has 28 heavy (non-hydrogen) atoms. The number of unbranched alkanes of at least 4 members (excludes halogenated alkanes) is 7. The van der Waals surface area contributed by atoms with E-state index in [1.165, 1.54) is 56.9 Å². The summed E-state index contributed by atoms with van der Waals surface area (Å²) in [7, 11) is 0. The summed E-state index contributed by atoms with van der Waals surface area (Å²) in [5.74, 6) is 1.06. The van der Waals surface area contributed by atoms with E-state index in [4.69, 9.17) is 4.52 Å². The maximum Gasteiger partial charge on any atom is 0.229 e. The third-order valence-corrected chi connectivity index (χ3v) is 5.04. The minimum absolute atomic E-state index is 0.372. The maximum absolute atomic E-state index is 9.93. The van der Waals surface area contributed by atoms with Crippen molar-refractivity contribution in [3.05, 3.63) is 35.7 Å². The van der Waals surface area contributed by atoms with E-state index >= 15 is 0 Å². The van der Waals surface area contributed by atoms with Crippen LogP contribution in [-0.4, -0.2) is 34.4 Å². The number of rotatable bonds is 15. The summed E-state index contributed by atoms with van der Waals surface area (Å²) in [6.07, 6.45) is 11.8. The molecule has 0 saturated heterocycles. The Hall–Kier alpha value is -1.72. The summed E-state index contributed by atoms with van der Waals surface area (Å²) in [5, 5.41) is 17.1. The molecular formula is C23H37N3O2. The zero-order valence-corrected chi connectivity index (χ0v) is 17.6. The number of benzene rings is 1. The van der Waals surface area contributed by atoms with Gasteiger partial charge in [0, 0.05) is 12.1 Å². The number of nitrogens with one attached hydrogen (secondary N) is 1.